The second kappa shape index (κ2) is 6.92. The number of pyridine rings is 1. The number of aryl methyl sites for hydroxylation is 1. The highest BCUT2D eigenvalue weighted by Gasteiger charge is 2.12. The number of hydrogen-bond acceptors (Lipinski definition) is 4. The van der Waals surface area contributed by atoms with E-state index in [1.807, 2.05) is 25.3 Å². The zero-order chi connectivity index (χ0) is 15.4. The topological polar surface area (TPSA) is 45.2 Å². The summed E-state index contributed by atoms with van der Waals surface area (Å²) < 4.78 is 0. The van der Waals surface area contributed by atoms with E-state index in [2.05, 4.69) is 27.3 Å². The van der Waals surface area contributed by atoms with Gasteiger partial charge in [0, 0.05) is 30.7 Å². The van der Waals surface area contributed by atoms with Crippen LogP contribution >= 0.6 is 11.3 Å². The molecule has 1 aliphatic heterocycles. The third-order valence-corrected chi connectivity index (χ3v) is 4.91. The first-order valence-electron chi connectivity index (χ1n) is 7.77. The molecule has 0 bridgehead atoms. The van der Waals surface area contributed by atoms with Crippen molar-refractivity contribution in [1.29, 1.82) is 0 Å². The summed E-state index contributed by atoms with van der Waals surface area (Å²) in [4.78, 5) is 20.8. The molecule has 5 heteroatoms. The van der Waals surface area contributed by atoms with Crippen molar-refractivity contribution >= 4 is 23.1 Å². The Balaban J connectivity index is 1.55. The second-order valence-corrected chi connectivity index (χ2v) is 6.95. The van der Waals surface area contributed by atoms with Crippen molar-refractivity contribution in [2.24, 2.45) is 0 Å². The lowest BCUT2D eigenvalue weighted by molar-refractivity contribution is 0.0955. The molecule has 4 nitrogen and oxygen atoms in total. The SMILES string of the molecule is Cc1ccc(C(=O)NCc2ccc(N3CCCCC3)nc2)s1. The van der Waals surface area contributed by atoms with Gasteiger partial charge in [-0.05, 0) is 49.9 Å². The Hall–Kier alpha value is -1.88. The van der Waals surface area contributed by atoms with Crippen LogP contribution in [-0.2, 0) is 6.54 Å². The molecule has 0 unspecified atom stereocenters. The van der Waals surface area contributed by atoms with Crippen molar-refractivity contribution in [2.45, 2.75) is 32.7 Å². The molecule has 3 rings (SSSR count). The Kier molecular flexibility index (Phi) is 4.73. The normalized spacial score (nSPS) is 14.9. The molecule has 0 aliphatic carbocycles. The number of anilines is 1. The number of nitrogens with zero attached hydrogens (tertiary/aromatic N) is 2. The maximum Gasteiger partial charge on any atom is 0.261 e. The maximum absolute atomic E-state index is 12.0. The van der Waals surface area contributed by atoms with E-state index in [0.717, 1.165) is 34.2 Å². The molecule has 2 aromatic heterocycles. The number of thiophene rings is 1. The summed E-state index contributed by atoms with van der Waals surface area (Å²) in [6.45, 7) is 4.72. The van der Waals surface area contributed by atoms with E-state index in [4.69, 9.17) is 0 Å². The Morgan fingerprint density at radius 3 is 2.68 bits per heavy atom. The average molecular weight is 315 g/mol. The first kappa shape index (κ1) is 15.0. The molecule has 0 saturated carbocycles. The number of carbonyl (C=O) groups excluding carboxylic acids is 1. The Bertz CT molecular complexity index is 630. The Morgan fingerprint density at radius 1 is 1.23 bits per heavy atom. The highest BCUT2D eigenvalue weighted by molar-refractivity contribution is 7.13. The molecule has 0 aromatic carbocycles. The minimum atomic E-state index is -0.0155. The van der Waals surface area contributed by atoms with E-state index in [0.29, 0.717) is 6.54 Å². The zero-order valence-electron chi connectivity index (χ0n) is 12.8. The van der Waals surface area contributed by atoms with Crippen LogP contribution in [0.15, 0.2) is 30.5 Å². The van der Waals surface area contributed by atoms with Gasteiger partial charge in [0.1, 0.15) is 5.82 Å². The van der Waals surface area contributed by atoms with Gasteiger partial charge in [0.25, 0.3) is 5.91 Å². The van der Waals surface area contributed by atoms with Gasteiger partial charge >= 0.3 is 0 Å². The van der Waals surface area contributed by atoms with Crippen molar-refractivity contribution in [3.63, 3.8) is 0 Å². The number of hydrogen-bond donors (Lipinski definition) is 1. The lowest BCUT2D eigenvalue weighted by Gasteiger charge is -2.27. The summed E-state index contributed by atoms with van der Waals surface area (Å²) in [6.07, 6.45) is 5.69. The van der Waals surface area contributed by atoms with Crippen LogP contribution in [0.1, 0.15) is 39.4 Å². The van der Waals surface area contributed by atoms with E-state index in [1.165, 1.54) is 30.6 Å². The van der Waals surface area contributed by atoms with E-state index in [9.17, 15) is 4.79 Å². The minimum Gasteiger partial charge on any atom is -0.357 e. The third kappa shape index (κ3) is 3.65. The predicted molar refractivity (Wildman–Crippen MR) is 90.5 cm³/mol. The monoisotopic (exact) mass is 315 g/mol. The van der Waals surface area contributed by atoms with Crippen LogP contribution in [-0.4, -0.2) is 24.0 Å². The van der Waals surface area contributed by atoms with Gasteiger partial charge in [0.05, 0.1) is 4.88 Å². The number of nitrogens with one attached hydrogen (secondary N) is 1. The van der Waals surface area contributed by atoms with Gasteiger partial charge in [-0.15, -0.1) is 11.3 Å². The number of carbonyl (C=O) groups is 1. The summed E-state index contributed by atoms with van der Waals surface area (Å²) in [5, 5.41) is 2.95. The standard InChI is InChI=1S/C17H21N3OS/c1-13-5-7-15(22-13)17(21)19-12-14-6-8-16(18-11-14)20-9-3-2-4-10-20/h5-8,11H,2-4,9-10,12H2,1H3,(H,19,21). The fourth-order valence-corrected chi connectivity index (χ4v) is 3.44. The van der Waals surface area contributed by atoms with E-state index in [-0.39, 0.29) is 5.91 Å². The average Bonchev–Trinajstić information content (AvgIpc) is 3.00. The van der Waals surface area contributed by atoms with Gasteiger partial charge in [-0.3, -0.25) is 4.79 Å². The molecule has 1 amide bonds. The van der Waals surface area contributed by atoms with Crippen molar-refractivity contribution in [1.82, 2.24) is 10.3 Å². The van der Waals surface area contributed by atoms with Crippen molar-refractivity contribution in [2.75, 3.05) is 18.0 Å². The molecule has 1 fully saturated rings. The lowest BCUT2D eigenvalue weighted by atomic mass is 10.1. The molecule has 1 N–H and O–H groups in total. The van der Waals surface area contributed by atoms with E-state index in [1.54, 1.807) is 0 Å². The van der Waals surface area contributed by atoms with Crippen molar-refractivity contribution in [3.05, 3.63) is 45.8 Å². The molecular formula is C17H21N3OS. The molecule has 0 atom stereocenters. The van der Waals surface area contributed by atoms with Crippen LogP contribution in [0, 0.1) is 6.92 Å². The smallest absolute Gasteiger partial charge is 0.261 e. The second-order valence-electron chi connectivity index (χ2n) is 5.67. The summed E-state index contributed by atoms with van der Waals surface area (Å²) in [7, 11) is 0. The van der Waals surface area contributed by atoms with Crippen LogP contribution < -0.4 is 10.2 Å². The molecule has 1 aliphatic rings. The fraction of sp³-hybridized carbons (Fsp3) is 0.412. The highest BCUT2D eigenvalue weighted by atomic mass is 32.1. The lowest BCUT2D eigenvalue weighted by Crippen LogP contribution is -2.30. The molecule has 1 saturated heterocycles. The molecule has 22 heavy (non-hydrogen) atoms. The van der Waals surface area contributed by atoms with Gasteiger partial charge in [-0.25, -0.2) is 4.98 Å². The first-order valence-corrected chi connectivity index (χ1v) is 8.58. The maximum atomic E-state index is 12.0. The van der Waals surface area contributed by atoms with Crippen molar-refractivity contribution < 1.29 is 4.79 Å². The quantitative estimate of drug-likeness (QED) is 0.941. The van der Waals surface area contributed by atoms with Gasteiger partial charge in [-0.1, -0.05) is 6.07 Å². The van der Waals surface area contributed by atoms with Crippen LogP contribution in [0.2, 0.25) is 0 Å². The third-order valence-electron chi connectivity index (χ3n) is 3.91. The van der Waals surface area contributed by atoms with Crippen LogP contribution in [0.4, 0.5) is 5.82 Å². The van der Waals surface area contributed by atoms with Gasteiger partial charge < -0.3 is 10.2 Å². The molecule has 3 heterocycles. The molecule has 0 radical (unpaired) electrons. The summed E-state index contributed by atoms with van der Waals surface area (Å²) >= 11 is 1.52. The number of amides is 1. The van der Waals surface area contributed by atoms with Gasteiger partial charge in [-0.2, -0.15) is 0 Å². The number of aromatic nitrogens is 1. The Labute approximate surface area is 135 Å². The summed E-state index contributed by atoms with van der Waals surface area (Å²) in [5.41, 5.74) is 1.03. The number of piperidine rings is 1. The minimum absolute atomic E-state index is 0.0155. The predicted octanol–water partition coefficient (Wildman–Crippen LogP) is 3.37. The first-order chi connectivity index (χ1) is 10.7. The number of rotatable bonds is 4. The van der Waals surface area contributed by atoms with Crippen LogP contribution in [0.3, 0.4) is 0 Å². The molecule has 116 valence electrons. The largest absolute Gasteiger partial charge is 0.357 e. The van der Waals surface area contributed by atoms with Crippen molar-refractivity contribution in [3.8, 4) is 0 Å². The Morgan fingerprint density at radius 2 is 2.05 bits per heavy atom. The van der Waals surface area contributed by atoms with Crippen LogP contribution in [0.5, 0.6) is 0 Å². The van der Waals surface area contributed by atoms with Crippen LogP contribution in [0.25, 0.3) is 0 Å². The van der Waals surface area contributed by atoms with Gasteiger partial charge in [0.15, 0.2) is 0 Å². The highest BCUT2D eigenvalue weighted by Crippen LogP contribution is 2.18. The van der Waals surface area contributed by atoms with E-state index >= 15 is 0 Å². The van der Waals surface area contributed by atoms with E-state index < -0.39 is 0 Å². The summed E-state index contributed by atoms with van der Waals surface area (Å²) in [6, 6.07) is 7.95. The molecule has 0 spiro atoms. The van der Waals surface area contributed by atoms with Gasteiger partial charge in [0.2, 0.25) is 0 Å². The molecule has 2 aromatic rings. The molecular weight excluding hydrogens is 294 g/mol. The fourth-order valence-electron chi connectivity index (χ4n) is 2.66. The summed E-state index contributed by atoms with van der Waals surface area (Å²) in [5.74, 6) is 1.03. The zero-order valence-corrected chi connectivity index (χ0v) is 13.7.